The molecular formula is C15H13ClN2OS. The van der Waals surface area contributed by atoms with Crippen LogP contribution in [0.1, 0.15) is 20.8 Å². The zero-order chi connectivity index (χ0) is 14.5. The molecule has 0 fully saturated rings. The van der Waals surface area contributed by atoms with Crippen molar-refractivity contribution in [2.75, 3.05) is 11.9 Å². The van der Waals surface area contributed by atoms with E-state index < -0.39 is 0 Å². The summed E-state index contributed by atoms with van der Waals surface area (Å²) in [5, 5.41) is 5.27. The summed E-state index contributed by atoms with van der Waals surface area (Å²) in [6, 6.07) is 7.22. The second-order valence-electron chi connectivity index (χ2n) is 4.09. The molecule has 3 nitrogen and oxygen atoms in total. The van der Waals surface area contributed by atoms with Gasteiger partial charge in [-0.2, -0.15) is 0 Å². The smallest absolute Gasteiger partial charge is 0.267 e. The van der Waals surface area contributed by atoms with Gasteiger partial charge in [-0.15, -0.1) is 11.3 Å². The molecular weight excluding hydrogens is 292 g/mol. The van der Waals surface area contributed by atoms with E-state index in [9.17, 15) is 4.79 Å². The van der Waals surface area contributed by atoms with E-state index in [4.69, 9.17) is 17.3 Å². The Morgan fingerprint density at radius 3 is 2.95 bits per heavy atom. The molecule has 0 bridgehead atoms. The second kappa shape index (κ2) is 6.58. The van der Waals surface area contributed by atoms with E-state index >= 15 is 0 Å². The van der Waals surface area contributed by atoms with E-state index in [0.717, 1.165) is 5.56 Å². The van der Waals surface area contributed by atoms with Gasteiger partial charge < -0.3 is 11.1 Å². The van der Waals surface area contributed by atoms with Gasteiger partial charge in [0.1, 0.15) is 4.88 Å². The van der Waals surface area contributed by atoms with Crippen molar-refractivity contribution in [1.82, 2.24) is 0 Å². The molecule has 0 aliphatic rings. The lowest BCUT2D eigenvalue weighted by Crippen LogP contribution is -2.11. The van der Waals surface area contributed by atoms with Gasteiger partial charge in [-0.25, -0.2) is 0 Å². The number of anilines is 1. The van der Waals surface area contributed by atoms with E-state index in [1.807, 2.05) is 30.5 Å². The standard InChI is InChI=1S/C15H13ClN2OS/c1-10-4-5-12(9-13(10)16)18-15(19)14-11(3-2-7-17)6-8-20-14/h4-6,8-9H,7,17H2,1H3,(H,18,19). The van der Waals surface area contributed by atoms with Crippen LogP contribution in [0.4, 0.5) is 5.69 Å². The summed E-state index contributed by atoms with van der Waals surface area (Å²) in [6.07, 6.45) is 0. The Hall–Kier alpha value is -1.80. The summed E-state index contributed by atoms with van der Waals surface area (Å²) >= 11 is 7.38. The molecule has 2 aromatic rings. The van der Waals surface area contributed by atoms with Gasteiger partial charge in [0.05, 0.1) is 6.54 Å². The van der Waals surface area contributed by atoms with Crippen molar-refractivity contribution in [2.45, 2.75) is 6.92 Å². The molecule has 0 atom stereocenters. The Bertz CT molecular complexity index is 697. The quantitative estimate of drug-likeness (QED) is 0.837. The van der Waals surface area contributed by atoms with E-state index in [1.165, 1.54) is 11.3 Å². The molecule has 3 N–H and O–H groups in total. The zero-order valence-corrected chi connectivity index (χ0v) is 12.4. The highest BCUT2D eigenvalue weighted by Gasteiger charge is 2.12. The number of hydrogen-bond donors (Lipinski definition) is 2. The van der Waals surface area contributed by atoms with Crippen LogP contribution in [0.3, 0.4) is 0 Å². The van der Waals surface area contributed by atoms with Crippen molar-refractivity contribution >= 4 is 34.5 Å². The van der Waals surface area contributed by atoms with Gasteiger partial charge in [0, 0.05) is 16.3 Å². The van der Waals surface area contributed by atoms with Crippen LogP contribution in [0, 0.1) is 18.8 Å². The maximum Gasteiger partial charge on any atom is 0.267 e. The molecule has 5 heteroatoms. The average Bonchev–Trinajstić information content (AvgIpc) is 2.89. The molecule has 1 heterocycles. The Labute approximate surface area is 126 Å². The van der Waals surface area contributed by atoms with Crippen molar-refractivity contribution in [1.29, 1.82) is 0 Å². The van der Waals surface area contributed by atoms with Crippen LogP contribution in [0.25, 0.3) is 0 Å². The summed E-state index contributed by atoms with van der Waals surface area (Å²) in [7, 11) is 0. The van der Waals surface area contributed by atoms with E-state index in [0.29, 0.717) is 21.2 Å². The van der Waals surface area contributed by atoms with Crippen molar-refractivity contribution in [2.24, 2.45) is 5.73 Å². The predicted molar refractivity (Wildman–Crippen MR) is 84.4 cm³/mol. The largest absolute Gasteiger partial charge is 0.321 e. The number of amides is 1. The first-order valence-electron chi connectivity index (χ1n) is 5.95. The van der Waals surface area contributed by atoms with Crippen LogP contribution >= 0.6 is 22.9 Å². The molecule has 0 aliphatic carbocycles. The highest BCUT2D eigenvalue weighted by atomic mass is 35.5. The molecule has 102 valence electrons. The van der Waals surface area contributed by atoms with Gasteiger partial charge in [0.25, 0.3) is 5.91 Å². The number of carbonyl (C=O) groups excluding carboxylic acids is 1. The predicted octanol–water partition coefficient (Wildman–Crippen LogP) is 3.27. The number of nitrogens with two attached hydrogens (primary N) is 1. The lowest BCUT2D eigenvalue weighted by atomic mass is 10.2. The number of nitrogens with one attached hydrogen (secondary N) is 1. The molecule has 0 saturated carbocycles. The fraction of sp³-hybridized carbons (Fsp3) is 0.133. The number of halogens is 1. The third-order valence-corrected chi connectivity index (χ3v) is 3.95. The van der Waals surface area contributed by atoms with Crippen LogP contribution in [-0.2, 0) is 0 Å². The van der Waals surface area contributed by atoms with Crippen molar-refractivity contribution in [3.63, 3.8) is 0 Å². The third-order valence-electron chi connectivity index (χ3n) is 2.63. The van der Waals surface area contributed by atoms with Gasteiger partial charge >= 0.3 is 0 Å². The lowest BCUT2D eigenvalue weighted by molar-refractivity contribution is 0.103. The summed E-state index contributed by atoms with van der Waals surface area (Å²) in [6.45, 7) is 2.18. The number of carbonyl (C=O) groups is 1. The Morgan fingerprint density at radius 2 is 2.25 bits per heavy atom. The van der Waals surface area contributed by atoms with Crippen molar-refractivity contribution in [3.8, 4) is 11.8 Å². The minimum Gasteiger partial charge on any atom is -0.321 e. The first-order chi connectivity index (χ1) is 9.61. The number of thiophene rings is 1. The monoisotopic (exact) mass is 304 g/mol. The van der Waals surface area contributed by atoms with Gasteiger partial charge in [0.2, 0.25) is 0 Å². The van der Waals surface area contributed by atoms with Crippen LogP contribution in [0.2, 0.25) is 5.02 Å². The molecule has 1 amide bonds. The van der Waals surface area contributed by atoms with Gasteiger partial charge in [-0.1, -0.05) is 29.5 Å². The third kappa shape index (κ3) is 3.40. The Morgan fingerprint density at radius 1 is 1.45 bits per heavy atom. The summed E-state index contributed by atoms with van der Waals surface area (Å²) in [5.74, 6) is 5.45. The molecule has 1 aromatic heterocycles. The maximum absolute atomic E-state index is 12.2. The maximum atomic E-state index is 12.2. The van der Waals surface area contributed by atoms with Crippen molar-refractivity contribution < 1.29 is 4.79 Å². The zero-order valence-electron chi connectivity index (χ0n) is 10.9. The van der Waals surface area contributed by atoms with Gasteiger partial charge in [-0.05, 0) is 36.1 Å². The summed E-state index contributed by atoms with van der Waals surface area (Å²) in [5.41, 5.74) is 7.66. The SMILES string of the molecule is Cc1ccc(NC(=O)c2sccc2C#CCN)cc1Cl. The van der Waals surface area contributed by atoms with E-state index in [2.05, 4.69) is 17.2 Å². The number of benzene rings is 1. The molecule has 0 radical (unpaired) electrons. The Balaban J connectivity index is 2.20. The molecule has 20 heavy (non-hydrogen) atoms. The second-order valence-corrected chi connectivity index (χ2v) is 5.41. The van der Waals surface area contributed by atoms with Crippen LogP contribution in [0.15, 0.2) is 29.6 Å². The van der Waals surface area contributed by atoms with Crippen LogP contribution < -0.4 is 11.1 Å². The highest BCUT2D eigenvalue weighted by Crippen LogP contribution is 2.22. The lowest BCUT2D eigenvalue weighted by Gasteiger charge is -2.06. The fourth-order valence-electron chi connectivity index (χ4n) is 1.59. The number of aryl methyl sites for hydroxylation is 1. The molecule has 1 aromatic carbocycles. The minimum absolute atomic E-state index is 0.193. The normalized spacial score (nSPS) is 9.75. The average molecular weight is 305 g/mol. The number of hydrogen-bond acceptors (Lipinski definition) is 3. The summed E-state index contributed by atoms with van der Waals surface area (Å²) < 4.78 is 0. The van der Waals surface area contributed by atoms with Gasteiger partial charge in [0.15, 0.2) is 0 Å². The Kier molecular flexibility index (Phi) is 4.80. The van der Waals surface area contributed by atoms with Crippen molar-refractivity contribution in [3.05, 3.63) is 50.7 Å². The van der Waals surface area contributed by atoms with E-state index in [1.54, 1.807) is 6.07 Å². The molecule has 0 saturated heterocycles. The highest BCUT2D eigenvalue weighted by molar-refractivity contribution is 7.12. The van der Waals surface area contributed by atoms with E-state index in [-0.39, 0.29) is 12.5 Å². The minimum atomic E-state index is -0.193. The van der Waals surface area contributed by atoms with Crippen LogP contribution in [-0.4, -0.2) is 12.5 Å². The molecule has 0 aliphatic heterocycles. The molecule has 0 spiro atoms. The topological polar surface area (TPSA) is 55.1 Å². The fourth-order valence-corrected chi connectivity index (χ4v) is 2.51. The molecule has 2 rings (SSSR count). The summed E-state index contributed by atoms with van der Waals surface area (Å²) in [4.78, 5) is 12.8. The first kappa shape index (κ1) is 14.6. The molecule has 0 unspecified atom stereocenters. The van der Waals surface area contributed by atoms with Crippen LogP contribution in [0.5, 0.6) is 0 Å². The van der Waals surface area contributed by atoms with Gasteiger partial charge in [-0.3, -0.25) is 4.79 Å². The number of rotatable bonds is 2. The first-order valence-corrected chi connectivity index (χ1v) is 7.21.